The molecular weight excluding hydrogens is 198 g/mol. The lowest BCUT2D eigenvalue weighted by Gasteiger charge is -2.24. The molecule has 0 radical (unpaired) electrons. The van der Waals surface area contributed by atoms with Gasteiger partial charge >= 0.3 is 0 Å². The fourth-order valence-electron chi connectivity index (χ4n) is 3.14. The predicted molar refractivity (Wildman–Crippen MR) is 66.6 cm³/mol. The molecule has 3 rings (SSSR count). The van der Waals surface area contributed by atoms with Gasteiger partial charge in [0.15, 0.2) is 0 Å². The smallest absolute Gasteiger partial charge is 0.0207 e. The first-order valence-electron chi connectivity index (χ1n) is 7.10. The first-order chi connectivity index (χ1) is 7.92. The van der Waals surface area contributed by atoms with Gasteiger partial charge in [-0.25, -0.2) is 0 Å². The van der Waals surface area contributed by atoms with Crippen LogP contribution in [0.5, 0.6) is 0 Å². The van der Waals surface area contributed by atoms with Crippen molar-refractivity contribution in [1.82, 2.24) is 15.5 Å². The van der Waals surface area contributed by atoms with E-state index < -0.39 is 0 Å². The molecule has 1 saturated carbocycles. The number of rotatable bonds is 4. The molecule has 0 spiro atoms. The van der Waals surface area contributed by atoms with Gasteiger partial charge in [-0.05, 0) is 57.7 Å². The van der Waals surface area contributed by atoms with Crippen LogP contribution in [0.3, 0.4) is 0 Å². The van der Waals surface area contributed by atoms with Crippen LogP contribution in [-0.4, -0.2) is 49.7 Å². The Labute approximate surface area is 99.0 Å². The van der Waals surface area contributed by atoms with E-state index in [1.807, 2.05) is 0 Å². The van der Waals surface area contributed by atoms with Crippen molar-refractivity contribution >= 4 is 0 Å². The summed E-state index contributed by atoms with van der Waals surface area (Å²) in [5.74, 6) is 0.927. The molecule has 1 atom stereocenters. The maximum Gasteiger partial charge on any atom is 0.0207 e. The maximum atomic E-state index is 3.79. The van der Waals surface area contributed by atoms with Gasteiger partial charge in [-0.15, -0.1) is 0 Å². The monoisotopic (exact) mass is 223 g/mol. The van der Waals surface area contributed by atoms with Crippen LogP contribution in [0.2, 0.25) is 0 Å². The number of hydrogen-bond donors (Lipinski definition) is 2. The second kappa shape index (κ2) is 5.03. The van der Waals surface area contributed by atoms with Crippen molar-refractivity contribution in [2.45, 2.75) is 44.2 Å². The first-order valence-corrected chi connectivity index (χ1v) is 7.10. The van der Waals surface area contributed by atoms with E-state index in [-0.39, 0.29) is 0 Å². The molecule has 0 amide bonds. The van der Waals surface area contributed by atoms with E-state index in [1.165, 1.54) is 64.8 Å². The van der Waals surface area contributed by atoms with Crippen molar-refractivity contribution in [1.29, 1.82) is 0 Å². The Hall–Kier alpha value is -0.120. The van der Waals surface area contributed by atoms with Crippen molar-refractivity contribution < 1.29 is 0 Å². The molecular formula is C13H25N3. The third kappa shape index (κ3) is 2.76. The van der Waals surface area contributed by atoms with Crippen molar-refractivity contribution in [2.75, 3.05) is 32.7 Å². The summed E-state index contributed by atoms with van der Waals surface area (Å²) < 4.78 is 0. The largest absolute Gasteiger partial charge is 0.317 e. The molecule has 3 fully saturated rings. The molecule has 0 aromatic carbocycles. The summed E-state index contributed by atoms with van der Waals surface area (Å²) in [5.41, 5.74) is 0. The number of piperidine rings is 1. The van der Waals surface area contributed by atoms with E-state index in [4.69, 9.17) is 0 Å². The van der Waals surface area contributed by atoms with Crippen molar-refractivity contribution in [2.24, 2.45) is 5.92 Å². The lowest BCUT2D eigenvalue weighted by atomic mass is 9.98. The molecule has 16 heavy (non-hydrogen) atoms. The van der Waals surface area contributed by atoms with Gasteiger partial charge in [0.05, 0.1) is 0 Å². The SMILES string of the molecule is C1CC(CNC2CCN(C3CC3)C2)CCN1. The minimum absolute atomic E-state index is 0.787. The lowest BCUT2D eigenvalue weighted by Crippen LogP contribution is -2.39. The standard InChI is InChI=1S/C13H25N3/c1-2-13(1)16-8-5-12(10-16)15-9-11-3-6-14-7-4-11/h11-15H,1-10H2. The average molecular weight is 223 g/mol. The molecule has 0 bridgehead atoms. The second-order valence-electron chi connectivity index (χ2n) is 5.81. The molecule has 0 aromatic heterocycles. The van der Waals surface area contributed by atoms with Crippen LogP contribution in [-0.2, 0) is 0 Å². The van der Waals surface area contributed by atoms with Gasteiger partial charge in [0.2, 0.25) is 0 Å². The Morgan fingerprint density at radius 2 is 1.88 bits per heavy atom. The van der Waals surface area contributed by atoms with Gasteiger partial charge in [0.1, 0.15) is 0 Å². The molecule has 0 aromatic rings. The van der Waals surface area contributed by atoms with Gasteiger partial charge in [0, 0.05) is 25.2 Å². The number of nitrogens with one attached hydrogen (secondary N) is 2. The molecule has 3 aliphatic rings. The van der Waals surface area contributed by atoms with E-state index in [0.717, 1.165) is 18.0 Å². The van der Waals surface area contributed by atoms with Crippen molar-refractivity contribution in [3.8, 4) is 0 Å². The molecule has 1 aliphatic carbocycles. The summed E-state index contributed by atoms with van der Waals surface area (Å²) in [5, 5.41) is 7.23. The minimum Gasteiger partial charge on any atom is -0.317 e. The molecule has 2 heterocycles. The normalized spacial score (nSPS) is 33.4. The summed E-state index contributed by atoms with van der Waals surface area (Å²) in [6.45, 7) is 6.37. The second-order valence-corrected chi connectivity index (χ2v) is 5.81. The Kier molecular flexibility index (Phi) is 3.46. The van der Waals surface area contributed by atoms with Crippen LogP contribution in [0.1, 0.15) is 32.1 Å². The van der Waals surface area contributed by atoms with Gasteiger partial charge < -0.3 is 10.6 Å². The molecule has 3 heteroatoms. The Balaban J connectivity index is 1.35. The van der Waals surface area contributed by atoms with Gasteiger partial charge in [0.25, 0.3) is 0 Å². The average Bonchev–Trinajstić information content (AvgIpc) is 3.08. The van der Waals surface area contributed by atoms with E-state index in [2.05, 4.69) is 15.5 Å². The lowest BCUT2D eigenvalue weighted by molar-refractivity contribution is 0.305. The van der Waals surface area contributed by atoms with E-state index in [0.29, 0.717) is 0 Å². The molecule has 2 saturated heterocycles. The van der Waals surface area contributed by atoms with Crippen LogP contribution in [0.25, 0.3) is 0 Å². The fraction of sp³-hybridized carbons (Fsp3) is 1.00. The van der Waals surface area contributed by atoms with Crippen LogP contribution < -0.4 is 10.6 Å². The van der Waals surface area contributed by atoms with Crippen molar-refractivity contribution in [3.63, 3.8) is 0 Å². The topological polar surface area (TPSA) is 27.3 Å². The summed E-state index contributed by atoms with van der Waals surface area (Å²) in [4.78, 5) is 2.69. The van der Waals surface area contributed by atoms with Crippen molar-refractivity contribution in [3.05, 3.63) is 0 Å². The highest BCUT2D eigenvalue weighted by molar-refractivity contribution is 4.92. The van der Waals surface area contributed by atoms with Crippen LogP contribution in [0.4, 0.5) is 0 Å². The highest BCUT2D eigenvalue weighted by atomic mass is 15.2. The summed E-state index contributed by atoms with van der Waals surface area (Å²) in [6.07, 6.45) is 7.03. The van der Waals surface area contributed by atoms with Crippen LogP contribution in [0.15, 0.2) is 0 Å². The van der Waals surface area contributed by atoms with Gasteiger partial charge in [-0.3, -0.25) is 4.90 Å². The Bertz CT molecular complexity index is 221. The number of likely N-dealkylation sites (tertiary alicyclic amines) is 1. The fourth-order valence-corrected chi connectivity index (χ4v) is 3.14. The third-order valence-electron chi connectivity index (χ3n) is 4.44. The van der Waals surface area contributed by atoms with Crippen LogP contribution in [0, 0.1) is 5.92 Å². The molecule has 2 N–H and O–H groups in total. The van der Waals surface area contributed by atoms with Crippen LogP contribution >= 0.6 is 0 Å². The highest BCUT2D eigenvalue weighted by Gasteiger charge is 2.34. The predicted octanol–water partition coefficient (Wildman–Crippen LogP) is 0.812. The third-order valence-corrected chi connectivity index (χ3v) is 4.44. The molecule has 92 valence electrons. The van der Waals surface area contributed by atoms with E-state index >= 15 is 0 Å². The summed E-state index contributed by atoms with van der Waals surface area (Å²) >= 11 is 0. The molecule has 1 unspecified atom stereocenters. The van der Waals surface area contributed by atoms with Gasteiger partial charge in [-0.2, -0.15) is 0 Å². The number of nitrogens with zero attached hydrogens (tertiary/aromatic N) is 1. The highest BCUT2D eigenvalue weighted by Crippen LogP contribution is 2.29. The zero-order chi connectivity index (χ0) is 10.8. The van der Waals surface area contributed by atoms with E-state index in [9.17, 15) is 0 Å². The maximum absolute atomic E-state index is 3.79. The first kappa shape index (κ1) is 11.0. The quantitative estimate of drug-likeness (QED) is 0.739. The Morgan fingerprint density at radius 3 is 2.62 bits per heavy atom. The molecule has 2 aliphatic heterocycles. The zero-order valence-corrected chi connectivity index (χ0v) is 10.3. The summed E-state index contributed by atoms with van der Waals surface area (Å²) in [7, 11) is 0. The molecule has 3 nitrogen and oxygen atoms in total. The number of hydrogen-bond acceptors (Lipinski definition) is 3. The summed E-state index contributed by atoms with van der Waals surface area (Å²) in [6, 6.07) is 1.75. The zero-order valence-electron chi connectivity index (χ0n) is 10.3. The minimum atomic E-state index is 0.787. The Morgan fingerprint density at radius 1 is 1.06 bits per heavy atom. The van der Waals surface area contributed by atoms with E-state index in [1.54, 1.807) is 0 Å². The van der Waals surface area contributed by atoms with Gasteiger partial charge in [-0.1, -0.05) is 0 Å².